The molecule has 5 heteroatoms. The third-order valence-electron chi connectivity index (χ3n) is 2.97. The van der Waals surface area contributed by atoms with E-state index in [0.29, 0.717) is 12.5 Å². The molecule has 5 nitrogen and oxygen atoms in total. The summed E-state index contributed by atoms with van der Waals surface area (Å²) in [6, 6.07) is 1.59. The smallest absolute Gasteiger partial charge is 0.256 e. The minimum absolute atomic E-state index is 0.152. The minimum atomic E-state index is -0.329. The summed E-state index contributed by atoms with van der Waals surface area (Å²) in [5.41, 5.74) is -0.115. The molecule has 2 N–H and O–H groups in total. The second-order valence-electron chi connectivity index (χ2n) is 4.91. The molecular formula is C13H21N3O2. The molecule has 0 saturated carbocycles. The van der Waals surface area contributed by atoms with Gasteiger partial charge in [0.1, 0.15) is 5.56 Å². The van der Waals surface area contributed by atoms with Crippen molar-refractivity contribution in [2.24, 2.45) is 5.92 Å². The maximum Gasteiger partial charge on any atom is 0.256 e. The molecule has 0 aliphatic carbocycles. The van der Waals surface area contributed by atoms with Gasteiger partial charge in [0, 0.05) is 31.0 Å². The Labute approximate surface area is 107 Å². The van der Waals surface area contributed by atoms with Crippen LogP contribution in [0, 0.1) is 5.92 Å². The Morgan fingerprint density at radius 3 is 2.61 bits per heavy atom. The van der Waals surface area contributed by atoms with Crippen LogP contribution < -0.4 is 10.7 Å². The number of nitrogens with zero attached hydrogens (tertiary/aromatic N) is 1. The highest BCUT2D eigenvalue weighted by atomic mass is 16.2. The summed E-state index contributed by atoms with van der Waals surface area (Å²) in [5.74, 6) is 0.0960. The average Bonchev–Trinajstić information content (AvgIpc) is 2.28. The van der Waals surface area contributed by atoms with Crippen molar-refractivity contribution in [3.63, 3.8) is 0 Å². The molecule has 0 aromatic carbocycles. The number of hydrogen-bond donors (Lipinski definition) is 2. The Bertz CT molecular complexity index is 444. The van der Waals surface area contributed by atoms with Crippen molar-refractivity contribution in [2.75, 3.05) is 20.6 Å². The molecule has 1 heterocycles. The van der Waals surface area contributed by atoms with Crippen molar-refractivity contribution in [2.45, 2.75) is 19.9 Å². The summed E-state index contributed by atoms with van der Waals surface area (Å²) in [7, 11) is 3.96. The van der Waals surface area contributed by atoms with E-state index in [-0.39, 0.29) is 22.9 Å². The van der Waals surface area contributed by atoms with Crippen LogP contribution >= 0.6 is 0 Å². The number of aromatic nitrogens is 1. The quantitative estimate of drug-likeness (QED) is 0.809. The monoisotopic (exact) mass is 251 g/mol. The number of aromatic amines is 1. The maximum absolute atomic E-state index is 11.9. The first-order valence-electron chi connectivity index (χ1n) is 6.05. The van der Waals surface area contributed by atoms with E-state index in [1.54, 1.807) is 0 Å². The van der Waals surface area contributed by atoms with Crippen LogP contribution in [-0.4, -0.2) is 42.5 Å². The third-order valence-corrected chi connectivity index (χ3v) is 2.97. The van der Waals surface area contributed by atoms with E-state index in [2.05, 4.69) is 29.0 Å². The van der Waals surface area contributed by atoms with Crippen molar-refractivity contribution < 1.29 is 4.79 Å². The number of likely N-dealkylation sites (N-methyl/N-ethyl adjacent to an activating group) is 1. The van der Waals surface area contributed by atoms with Gasteiger partial charge in [-0.2, -0.15) is 0 Å². The zero-order chi connectivity index (χ0) is 13.7. The Morgan fingerprint density at radius 2 is 2.11 bits per heavy atom. The van der Waals surface area contributed by atoms with Crippen LogP contribution in [0.2, 0.25) is 0 Å². The summed E-state index contributed by atoms with van der Waals surface area (Å²) in [6.07, 6.45) is 2.94. The standard InChI is InChI=1S/C13H21N3O2/c1-9(2)11(16(3)4)8-15-13(18)10-7-14-6-5-12(10)17/h5-7,9,11H,8H2,1-4H3,(H,14,17)(H,15,18). The molecule has 1 atom stereocenters. The number of hydrogen-bond acceptors (Lipinski definition) is 3. The Morgan fingerprint density at radius 1 is 1.44 bits per heavy atom. The summed E-state index contributed by atoms with van der Waals surface area (Å²) in [5, 5.41) is 2.80. The van der Waals surface area contributed by atoms with E-state index < -0.39 is 0 Å². The van der Waals surface area contributed by atoms with Gasteiger partial charge in [0.25, 0.3) is 5.91 Å². The van der Waals surface area contributed by atoms with Gasteiger partial charge in [0.2, 0.25) is 0 Å². The van der Waals surface area contributed by atoms with Crippen LogP contribution in [0.1, 0.15) is 24.2 Å². The fraction of sp³-hybridized carbons (Fsp3) is 0.538. The Balaban J connectivity index is 2.67. The second-order valence-corrected chi connectivity index (χ2v) is 4.91. The lowest BCUT2D eigenvalue weighted by Crippen LogP contribution is -2.44. The van der Waals surface area contributed by atoms with Crippen molar-refractivity contribution in [1.29, 1.82) is 0 Å². The van der Waals surface area contributed by atoms with Gasteiger partial charge in [0.15, 0.2) is 5.43 Å². The van der Waals surface area contributed by atoms with E-state index in [4.69, 9.17) is 0 Å². The van der Waals surface area contributed by atoms with Crippen molar-refractivity contribution in [3.05, 3.63) is 34.2 Å². The number of nitrogens with one attached hydrogen (secondary N) is 2. The minimum Gasteiger partial charge on any atom is -0.367 e. The van der Waals surface area contributed by atoms with Crippen LogP contribution in [0.3, 0.4) is 0 Å². The van der Waals surface area contributed by atoms with Crippen LogP contribution in [0.4, 0.5) is 0 Å². The molecule has 0 aliphatic heterocycles. The van der Waals surface area contributed by atoms with Crippen LogP contribution in [0.25, 0.3) is 0 Å². The fourth-order valence-corrected chi connectivity index (χ4v) is 1.90. The summed E-state index contributed by atoms with van der Waals surface area (Å²) < 4.78 is 0. The average molecular weight is 251 g/mol. The summed E-state index contributed by atoms with van der Waals surface area (Å²) in [6.45, 7) is 4.73. The van der Waals surface area contributed by atoms with Crippen molar-refractivity contribution in [3.8, 4) is 0 Å². The Hall–Kier alpha value is -1.62. The van der Waals surface area contributed by atoms with Gasteiger partial charge >= 0.3 is 0 Å². The second kappa shape index (κ2) is 6.35. The van der Waals surface area contributed by atoms with Gasteiger partial charge in [-0.3, -0.25) is 9.59 Å². The molecule has 0 bridgehead atoms. The number of rotatable bonds is 5. The van der Waals surface area contributed by atoms with E-state index in [0.717, 1.165) is 0 Å². The van der Waals surface area contributed by atoms with Gasteiger partial charge in [-0.1, -0.05) is 13.8 Å². The van der Waals surface area contributed by atoms with Gasteiger partial charge in [0.05, 0.1) is 0 Å². The molecule has 1 unspecified atom stereocenters. The van der Waals surface area contributed by atoms with Crippen molar-refractivity contribution >= 4 is 5.91 Å². The molecule has 0 spiro atoms. The van der Waals surface area contributed by atoms with Crippen molar-refractivity contribution in [1.82, 2.24) is 15.2 Å². The molecule has 100 valence electrons. The predicted molar refractivity (Wildman–Crippen MR) is 71.7 cm³/mol. The normalized spacial score (nSPS) is 12.8. The number of carbonyl (C=O) groups is 1. The predicted octanol–water partition coefficient (Wildman–Crippen LogP) is 0.691. The van der Waals surface area contributed by atoms with E-state index in [1.807, 2.05) is 14.1 Å². The van der Waals surface area contributed by atoms with Gasteiger partial charge in [-0.25, -0.2) is 0 Å². The van der Waals surface area contributed by atoms with Gasteiger partial charge < -0.3 is 15.2 Å². The van der Waals surface area contributed by atoms with Gasteiger partial charge in [-0.15, -0.1) is 0 Å². The lowest BCUT2D eigenvalue weighted by molar-refractivity contribution is 0.0933. The summed E-state index contributed by atoms with van der Waals surface area (Å²) in [4.78, 5) is 28.2. The molecule has 1 rings (SSSR count). The fourth-order valence-electron chi connectivity index (χ4n) is 1.90. The molecule has 1 aromatic heterocycles. The van der Waals surface area contributed by atoms with E-state index in [9.17, 15) is 9.59 Å². The highest BCUT2D eigenvalue weighted by molar-refractivity contribution is 5.93. The molecule has 0 aliphatic rings. The van der Waals surface area contributed by atoms with E-state index >= 15 is 0 Å². The molecule has 0 radical (unpaired) electrons. The topological polar surface area (TPSA) is 65.2 Å². The largest absolute Gasteiger partial charge is 0.367 e. The molecule has 0 saturated heterocycles. The number of amides is 1. The van der Waals surface area contributed by atoms with Gasteiger partial charge in [-0.05, 0) is 20.0 Å². The first kappa shape index (κ1) is 14.4. The van der Waals surface area contributed by atoms with E-state index in [1.165, 1.54) is 18.5 Å². The van der Waals surface area contributed by atoms with Crippen LogP contribution in [-0.2, 0) is 0 Å². The number of H-pyrrole nitrogens is 1. The third kappa shape index (κ3) is 3.70. The first-order chi connectivity index (χ1) is 8.43. The highest BCUT2D eigenvalue weighted by Gasteiger charge is 2.17. The zero-order valence-corrected chi connectivity index (χ0v) is 11.4. The lowest BCUT2D eigenvalue weighted by atomic mass is 10.0. The molecule has 0 fully saturated rings. The zero-order valence-electron chi connectivity index (χ0n) is 11.4. The summed E-state index contributed by atoms with van der Waals surface area (Å²) >= 11 is 0. The number of carbonyl (C=O) groups excluding carboxylic acids is 1. The molecule has 1 aromatic rings. The molecule has 1 amide bonds. The molecular weight excluding hydrogens is 230 g/mol. The Kier molecular flexibility index (Phi) is 5.09. The van der Waals surface area contributed by atoms with Crippen LogP contribution in [0.5, 0.6) is 0 Å². The molecule has 18 heavy (non-hydrogen) atoms. The lowest BCUT2D eigenvalue weighted by Gasteiger charge is -2.28. The number of pyridine rings is 1. The maximum atomic E-state index is 11.9. The van der Waals surface area contributed by atoms with Crippen LogP contribution in [0.15, 0.2) is 23.3 Å². The SMILES string of the molecule is CC(C)C(CNC(=O)c1c[nH]ccc1=O)N(C)C. The first-order valence-corrected chi connectivity index (χ1v) is 6.05. The highest BCUT2D eigenvalue weighted by Crippen LogP contribution is 2.06.